The highest BCUT2D eigenvalue weighted by Crippen LogP contribution is 2.34. The lowest BCUT2D eigenvalue weighted by atomic mass is 9.97. The number of nitrogens with one attached hydrogen (secondary N) is 3. The topological polar surface area (TPSA) is 56.4 Å². The van der Waals surface area contributed by atoms with Crippen LogP contribution in [0.4, 0.5) is 0 Å². The first-order valence-corrected chi connectivity index (χ1v) is 8.98. The smallest absolute Gasteiger partial charge is 0.269 e. The molecule has 4 rings (SSSR count). The molecule has 5 nitrogen and oxygen atoms in total. The number of hydrazine groups is 1. The van der Waals surface area contributed by atoms with Crippen LogP contribution in [-0.2, 0) is 4.79 Å². The fraction of sp³-hybridized carbons (Fsp3) is 0.278. The fourth-order valence-electron chi connectivity index (χ4n) is 3.15. The van der Waals surface area contributed by atoms with Gasteiger partial charge in [-0.05, 0) is 28.5 Å². The van der Waals surface area contributed by atoms with E-state index in [0.717, 1.165) is 16.1 Å². The average molecular weight is 340 g/mol. The van der Waals surface area contributed by atoms with Gasteiger partial charge in [0.15, 0.2) is 6.29 Å². The van der Waals surface area contributed by atoms with E-state index in [1.165, 1.54) is 11.1 Å². The minimum Gasteiger partial charge on any atom is -0.350 e. The molecule has 3 heterocycles. The standard InChI is InChI=1S/C18H20N4OS/c1-11(2)15-16(21-18-19-10-20-22(18)17(15)23)14-8-13(9-24-14)12-6-4-3-5-7-12/h3-9,11,18-21H,10H2,1-2H3. The zero-order chi connectivity index (χ0) is 16.7. The molecule has 1 aromatic carbocycles. The molecule has 0 radical (unpaired) electrons. The summed E-state index contributed by atoms with van der Waals surface area (Å²) in [6.07, 6.45) is -0.197. The van der Waals surface area contributed by atoms with E-state index in [-0.39, 0.29) is 18.1 Å². The molecule has 1 saturated heterocycles. The Hall–Kier alpha value is -2.15. The Kier molecular flexibility index (Phi) is 3.88. The highest BCUT2D eigenvalue weighted by atomic mass is 32.1. The molecule has 1 atom stereocenters. The largest absolute Gasteiger partial charge is 0.350 e. The number of carbonyl (C=O) groups is 1. The molecule has 1 unspecified atom stereocenters. The van der Waals surface area contributed by atoms with Gasteiger partial charge in [-0.15, -0.1) is 11.3 Å². The van der Waals surface area contributed by atoms with Gasteiger partial charge in [0, 0.05) is 5.57 Å². The second kappa shape index (κ2) is 6.05. The first kappa shape index (κ1) is 15.4. The zero-order valence-corrected chi connectivity index (χ0v) is 14.5. The SMILES string of the molecule is CC(C)C1=C(c2cc(-c3ccccc3)cs2)NC2NCNN2C1=O. The zero-order valence-electron chi connectivity index (χ0n) is 13.7. The van der Waals surface area contributed by atoms with Gasteiger partial charge < -0.3 is 5.32 Å². The van der Waals surface area contributed by atoms with Gasteiger partial charge in [0.25, 0.3) is 5.91 Å². The van der Waals surface area contributed by atoms with Crippen LogP contribution in [0.1, 0.15) is 18.7 Å². The molecule has 1 aromatic heterocycles. The Morgan fingerprint density at radius 2 is 2.00 bits per heavy atom. The number of rotatable bonds is 3. The molecular weight excluding hydrogens is 320 g/mol. The van der Waals surface area contributed by atoms with Crippen LogP contribution in [0, 0.1) is 5.92 Å². The van der Waals surface area contributed by atoms with Gasteiger partial charge in [0.2, 0.25) is 0 Å². The molecule has 124 valence electrons. The Morgan fingerprint density at radius 3 is 2.75 bits per heavy atom. The van der Waals surface area contributed by atoms with Gasteiger partial charge in [-0.3, -0.25) is 10.1 Å². The molecule has 2 aliphatic heterocycles. The minimum atomic E-state index is -0.197. The maximum absolute atomic E-state index is 12.8. The van der Waals surface area contributed by atoms with Gasteiger partial charge in [0.1, 0.15) is 0 Å². The summed E-state index contributed by atoms with van der Waals surface area (Å²) >= 11 is 1.67. The summed E-state index contributed by atoms with van der Waals surface area (Å²) < 4.78 is 0. The summed E-state index contributed by atoms with van der Waals surface area (Å²) in [7, 11) is 0. The summed E-state index contributed by atoms with van der Waals surface area (Å²) in [5.41, 5.74) is 7.21. The molecular formula is C18H20N4OS. The number of hydrogen-bond donors (Lipinski definition) is 3. The third kappa shape index (κ3) is 2.53. The summed E-state index contributed by atoms with van der Waals surface area (Å²) in [4.78, 5) is 13.9. The molecule has 0 bridgehead atoms. The van der Waals surface area contributed by atoms with Crippen LogP contribution in [0.5, 0.6) is 0 Å². The Bertz CT molecular complexity index is 796. The van der Waals surface area contributed by atoms with E-state index in [1.807, 2.05) is 18.2 Å². The van der Waals surface area contributed by atoms with Crippen molar-refractivity contribution in [2.75, 3.05) is 6.67 Å². The van der Waals surface area contributed by atoms with Crippen LogP contribution in [0.15, 0.2) is 47.4 Å². The van der Waals surface area contributed by atoms with Crippen molar-refractivity contribution in [2.24, 2.45) is 5.92 Å². The average Bonchev–Trinajstić information content (AvgIpc) is 3.24. The van der Waals surface area contributed by atoms with Crippen LogP contribution in [0.2, 0.25) is 0 Å². The normalized spacial score (nSPS) is 20.5. The Morgan fingerprint density at radius 1 is 1.21 bits per heavy atom. The lowest BCUT2D eigenvalue weighted by Gasteiger charge is -2.34. The van der Waals surface area contributed by atoms with Gasteiger partial charge >= 0.3 is 0 Å². The van der Waals surface area contributed by atoms with Gasteiger partial charge in [-0.25, -0.2) is 10.4 Å². The number of carbonyl (C=O) groups excluding carboxylic acids is 1. The Labute approximate surface area is 145 Å². The van der Waals surface area contributed by atoms with Crippen LogP contribution < -0.4 is 16.1 Å². The lowest BCUT2D eigenvalue weighted by molar-refractivity contribution is -0.132. The second-order valence-electron chi connectivity index (χ2n) is 6.27. The van der Waals surface area contributed by atoms with Gasteiger partial charge in [-0.2, -0.15) is 0 Å². The van der Waals surface area contributed by atoms with Crippen molar-refractivity contribution in [1.29, 1.82) is 0 Å². The summed E-state index contributed by atoms with van der Waals surface area (Å²) in [6.45, 7) is 4.71. The number of thiophene rings is 1. The van der Waals surface area contributed by atoms with Crippen molar-refractivity contribution in [3.8, 4) is 11.1 Å². The summed E-state index contributed by atoms with van der Waals surface area (Å²) in [5.74, 6) is 0.189. The fourth-order valence-corrected chi connectivity index (χ4v) is 4.09. The maximum Gasteiger partial charge on any atom is 0.269 e. The first-order valence-electron chi connectivity index (χ1n) is 8.10. The van der Waals surface area contributed by atoms with Crippen molar-refractivity contribution in [3.05, 3.63) is 52.2 Å². The predicted molar refractivity (Wildman–Crippen MR) is 96.4 cm³/mol. The maximum atomic E-state index is 12.8. The number of benzene rings is 1. The molecule has 0 aliphatic carbocycles. The number of fused-ring (bicyclic) bond motifs is 1. The van der Waals surface area contributed by atoms with E-state index in [0.29, 0.717) is 6.67 Å². The first-order chi connectivity index (χ1) is 11.6. The monoisotopic (exact) mass is 340 g/mol. The quantitative estimate of drug-likeness (QED) is 0.804. The van der Waals surface area contributed by atoms with Crippen molar-refractivity contribution >= 4 is 22.9 Å². The molecule has 1 amide bonds. The van der Waals surface area contributed by atoms with E-state index in [4.69, 9.17) is 0 Å². The van der Waals surface area contributed by atoms with Gasteiger partial charge in [-0.1, -0.05) is 44.2 Å². The Balaban J connectivity index is 1.76. The van der Waals surface area contributed by atoms with E-state index >= 15 is 0 Å². The highest BCUT2D eigenvalue weighted by Gasteiger charge is 2.38. The van der Waals surface area contributed by atoms with E-state index in [9.17, 15) is 4.79 Å². The summed E-state index contributed by atoms with van der Waals surface area (Å²) in [5, 5.41) is 10.5. The van der Waals surface area contributed by atoms with Crippen LogP contribution >= 0.6 is 11.3 Å². The van der Waals surface area contributed by atoms with Crippen LogP contribution in [0.3, 0.4) is 0 Å². The molecule has 0 spiro atoms. The second-order valence-corrected chi connectivity index (χ2v) is 7.18. The third-order valence-corrected chi connectivity index (χ3v) is 5.28. The van der Waals surface area contributed by atoms with E-state index < -0.39 is 0 Å². The van der Waals surface area contributed by atoms with Gasteiger partial charge in [0.05, 0.1) is 17.2 Å². The van der Waals surface area contributed by atoms with Crippen molar-refractivity contribution < 1.29 is 4.79 Å². The van der Waals surface area contributed by atoms with E-state index in [2.05, 4.69) is 53.5 Å². The number of hydrogen-bond acceptors (Lipinski definition) is 5. The minimum absolute atomic E-state index is 0.0448. The van der Waals surface area contributed by atoms with Crippen LogP contribution in [-0.4, -0.2) is 23.9 Å². The molecule has 6 heteroatoms. The molecule has 1 fully saturated rings. The van der Waals surface area contributed by atoms with Crippen LogP contribution in [0.25, 0.3) is 16.8 Å². The third-order valence-electron chi connectivity index (χ3n) is 4.33. The lowest BCUT2D eigenvalue weighted by Crippen LogP contribution is -2.56. The van der Waals surface area contributed by atoms with E-state index in [1.54, 1.807) is 16.3 Å². The van der Waals surface area contributed by atoms with Crippen molar-refractivity contribution in [3.63, 3.8) is 0 Å². The highest BCUT2D eigenvalue weighted by molar-refractivity contribution is 7.11. The van der Waals surface area contributed by atoms with Crippen molar-refractivity contribution in [2.45, 2.75) is 20.1 Å². The molecule has 3 N–H and O–H groups in total. The van der Waals surface area contributed by atoms with Crippen molar-refractivity contribution in [1.82, 2.24) is 21.1 Å². The number of nitrogens with zero attached hydrogens (tertiary/aromatic N) is 1. The predicted octanol–water partition coefficient (Wildman–Crippen LogP) is 2.56. The number of amides is 1. The molecule has 24 heavy (non-hydrogen) atoms. The molecule has 2 aliphatic rings. The molecule has 0 saturated carbocycles. The summed E-state index contributed by atoms with van der Waals surface area (Å²) in [6, 6.07) is 12.5. The molecule has 2 aromatic rings.